The number of aromatic hydroxyl groups is 1. The molecule has 2 aliphatic heterocycles. The zero-order valence-corrected chi connectivity index (χ0v) is 19.4. The fraction of sp³-hybridized carbons (Fsp3) is 0.370. The molecule has 1 aromatic heterocycles. The van der Waals surface area contributed by atoms with E-state index in [1.165, 1.54) is 6.42 Å². The Balaban J connectivity index is 1.52. The number of likely N-dealkylation sites (tertiary alicyclic amines) is 1. The van der Waals surface area contributed by atoms with Gasteiger partial charge < -0.3 is 19.1 Å². The number of ketones is 1. The van der Waals surface area contributed by atoms with Crippen LogP contribution in [-0.4, -0.2) is 40.6 Å². The SMILES string of the molecule is CCn1cc(/C=C2/Oc3c(ccc(O)c3CN3CCC[C@@H](C)C3)C2=O)c2cc(OC)ccc21. The number of aromatic nitrogens is 1. The van der Waals surface area contributed by atoms with Gasteiger partial charge in [0, 0.05) is 42.3 Å². The van der Waals surface area contributed by atoms with Crippen LogP contribution >= 0.6 is 0 Å². The predicted molar refractivity (Wildman–Crippen MR) is 129 cm³/mol. The minimum absolute atomic E-state index is 0.154. The Morgan fingerprint density at radius 1 is 1.27 bits per heavy atom. The van der Waals surface area contributed by atoms with E-state index in [-0.39, 0.29) is 17.3 Å². The Morgan fingerprint density at radius 2 is 2.12 bits per heavy atom. The Kier molecular flexibility index (Phi) is 5.62. The third kappa shape index (κ3) is 3.89. The van der Waals surface area contributed by atoms with Crippen LogP contribution in [0.1, 0.15) is 48.2 Å². The monoisotopic (exact) mass is 446 g/mol. The molecule has 3 aromatic rings. The van der Waals surface area contributed by atoms with Gasteiger partial charge in [0.15, 0.2) is 5.76 Å². The maximum atomic E-state index is 13.2. The molecule has 0 radical (unpaired) electrons. The number of carbonyl (C=O) groups excluding carboxylic acids is 1. The van der Waals surface area contributed by atoms with E-state index in [1.807, 2.05) is 24.4 Å². The lowest BCUT2D eigenvalue weighted by molar-refractivity contribution is 0.101. The number of piperidine rings is 1. The predicted octanol–water partition coefficient (Wildman–Crippen LogP) is 5.22. The van der Waals surface area contributed by atoms with Gasteiger partial charge in [-0.2, -0.15) is 0 Å². The number of nitrogens with zero attached hydrogens (tertiary/aromatic N) is 2. The number of rotatable bonds is 5. The molecule has 0 bridgehead atoms. The van der Waals surface area contributed by atoms with Gasteiger partial charge in [-0.25, -0.2) is 0 Å². The molecule has 2 aromatic carbocycles. The third-order valence-electron chi connectivity index (χ3n) is 6.79. The van der Waals surface area contributed by atoms with E-state index in [1.54, 1.807) is 25.3 Å². The van der Waals surface area contributed by atoms with Crippen LogP contribution in [0.25, 0.3) is 17.0 Å². The smallest absolute Gasteiger partial charge is 0.231 e. The van der Waals surface area contributed by atoms with Gasteiger partial charge in [0.1, 0.15) is 17.2 Å². The lowest BCUT2D eigenvalue weighted by atomic mass is 9.99. The average Bonchev–Trinajstić information content (AvgIpc) is 3.33. The number of aryl methyl sites for hydroxylation is 1. The van der Waals surface area contributed by atoms with E-state index in [0.717, 1.165) is 48.3 Å². The highest BCUT2D eigenvalue weighted by Gasteiger charge is 2.32. The number of benzene rings is 2. The second kappa shape index (κ2) is 8.60. The zero-order chi connectivity index (χ0) is 23.1. The van der Waals surface area contributed by atoms with Gasteiger partial charge in [-0.1, -0.05) is 6.92 Å². The highest BCUT2D eigenvalue weighted by Crippen LogP contribution is 2.41. The molecule has 33 heavy (non-hydrogen) atoms. The van der Waals surface area contributed by atoms with Gasteiger partial charge in [-0.3, -0.25) is 9.69 Å². The summed E-state index contributed by atoms with van der Waals surface area (Å²) in [6.45, 7) is 7.70. The van der Waals surface area contributed by atoms with Crippen LogP contribution in [-0.2, 0) is 13.1 Å². The third-order valence-corrected chi connectivity index (χ3v) is 6.79. The summed E-state index contributed by atoms with van der Waals surface area (Å²) in [5, 5.41) is 11.6. The van der Waals surface area contributed by atoms with E-state index in [9.17, 15) is 9.90 Å². The molecule has 1 saturated heterocycles. The van der Waals surface area contributed by atoms with Crippen molar-refractivity contribution in [2.75, 3.05) is 20.2 Å². The van der Waals surface area contributed by atoms with E-state index in [2.05, 4.69) is 23.3 Å². The van der Waals surface area contributed by atoms with Crippen molar-refractivity contribution in [2.45, 2.75) is 39.8 Å². The molecule has 6 heteroatoms. The normalized spacial score (nSPS) is 19.8. The van der Waals surface area contributed by atoms with Crippen LogP contribution in [0.3, 0.4) is 0 Å². The Morgan fingerprint density at radius 3 is 2.88 bits per heavy atom. The summed E-state index contributed by atoms with van der Waals surface area (Å²) in [7, 11) is 1.65. The van der Waals surface area contributed by atoms with Crippen molar-refractivity contribution in [3.8, 4) is 17.2 Å². The first kappa shape index (κ1) is 21.6. The van der Waals surface area contributed by atoms with Crippen LogP contribution in [0.15, 0.2) is 42.3 Å². The average molecular weight is 447 g/mol. The second-order valence-corrected chi connectivity index (χ2v) is 9.12. The fourth-order valence-electron chi connectivity index (χ4n) is 5.05. The molecule has 0 unspecified atom stereocenters. The molecule has 3 heterocycles. The largest absolute Gasteiger partial charge is 0.507 e. The summed E-state index contributed by atoms with van der Waals surface area (Å²) in [6.07, 6.45) is 6.21. The van der Waals surface area contributed by atoms with Crippen LogP contribution in [0.5, 0.6) is 17.2 Å². The maximum absolute atomic E-state index is 13.2. The number of phenols is 1. The summed E-state index contributed by atoms with van der Waals surface area (Å²) in [4.78, 5) is 15.6. The number of hydrogen-bond donors (Lipinski definition) is 1. The molecule has 0 saturated carbocycles. The van der Waals surface area contributed by atoms with Crippen LogP contribution < -0.4 is 9.47 Å². The first-order valence-corrected chi connectivity index (χ1v) is 11.7. The summed E-state index contributed by atoms with van der Waals surface area (Å²) in [6, 6.07) is 9.22. The molecule has 1 atom stereocenters. The quantitative estimate of drug-likeness (QED) is 0.544. The van der Waals surface area contributed by atoms with Crippen molar-refractivity contribution in [3.63, 3.8) is 0 Å². The Hall–Kier alpha value is -3.25. The van der Waals surface area contributed by atoms with Gasteiger partial charge in [0.05, 0.1) is 18.2 Å². The van der Waals surface area contributed by atoms with Crippen molar-refractivity contribution < 1.29 is 19.4 Å². The summed E-state index contributed by atoms with van der Waals surface area (Å²) in [5.74, 6) is 2.18. The molecule has 2 aliphatic rings. The summed E-state index contributed by atoms with van der Waals surface area (Å²) < 4.78 is 13.7. The van der Waals surface area contributed by atoms with Crippen molar-refractivity contribution in [1.29, 1.82) is 0 Å². The topological polar surface area (TPSA) is 63.9 Å². The minimum Gasteiger partial charge on any atom is -0.507 e. The highest BCUT2D eigenvalue weighted by atomic mass is 16.5. The maximum Gasteiger partial charge on any atom is 0.231 e. The molecule has 6 nitrogen and oxygen atoms in total. The zero-order valence-electron chi connectivity index (χ0n) is 19.4. The van der Waals surface area contributed by atoms with Crippen molar-refractivity contribution in [1.82, 2.24) is 9.47 Å². The van der Waals surface area contributed by atoms with Crippen molar-refractivity contribution in [2.24, 2.45) is 5.92 Å². The van der Waals surface area contributed by atoms with E-state index in [0.29, 0.717) is 29.3 Å². The van der Waals surface area contributed by atoms with Crippen molar-refractivity contribution in [3.05, 3.63) is 59.0 Å². The molecule has 0 spiro atoms. The lowest BCUT2D eigenvalue weighted by Gasteiger charge is -2.31. The molecule has 0 amide bonds. The Labute approximate surface area is 194 Å². The highest BCUT2D eigenvalue weighted by molar-refractivity contribution is 6.15. The van der Waals surface area contributed by atoms with Gasteiger partial charge in [0.25, 0.3) is 0 Å². The molecular weight excluding hydrogens is 416 g/mol. The van der Waals surface area contributed by atoms with Gasteiger partial charge in [-0.15, -0.1) is 0 Å². The van der Waals surface area contributed by atoms with Crippen LogP contribution in [0.2, 0.25) is 0 Å². The lowest BCUT2D eigenvalue weighted by Crippen LogP contribution is -2.33. The molecule has 172 valence electrons. The van der Waals surface area contributed by atoms with Gasteiger partial charge in [-0.05, 0) is 68.6 Å². The Bertz CT molecular complexity index is 1260. The van der Waals surface area contributed by atoms with Crippen molar-refractivity contribution >= 4 is 22.8 Å². The number of ether oxygens (including phenoxy) is 2. The number of carbonyl (C=O) groups is 1. The van der Waals surface area contributed by atoms with E-state index >= 15 is 0 Å². The standard InChI is InChI=1S/C27H30N2O4/c1-4-29-15-18(21-13-19(32-3)7-9-23(21)29)12-25-26(31)20-8-10-24(30)22(27(20)33-25)16-28-11-5-6-17(2)14-28/h7-10,12-13,15,17,30H,4-6,11,14,16H2,1-3H3/b25-12+/t17-/m1/s1. The van der Waals surface area contributed by atoms with E-state index < -0.39 is 0 Å². The molecular formula is C27H30N2O4. The molecule has 1 fully saturated rings. The van der Waals surface area contributed by atoms with Crippen LogP contribution in [0, 0.1) is 5.92 Å². The molecule has 0 aliphatic carbocycles. The first-order valence-electron chi connectivity index (χ1n) is 11.7. The van der Waals surface area contributed by atoms with Gasteiger partial charge in [0.2, 0.25) is 5.78 Å². The number of phenolic OH excluding ortho intramolecular Hbond substituents is 1. The summed E-state index contributed by atoms with van der Waals surface area (Å²) >= 11 is 0. The molecule has 5 rings (SSSR count). The second-order valence-electron chi connectivity index (χ2n) is 9.12. The number of hydrogen-bond acceptors (Lipinski definition) is 5. The number of Topliss-reactive ketones (excluding diaryl/α,β-unsaturated/α-hetero) is 1. The van der Waals surface area contributed by atoms with Gasteiger partial charge >= 0.3 is 0 Å². The van der Waals surface area contributed by atoms with Crippen LogP contribution in [0.4, 0.5) is 0 Å². The summed E-state index contributed by atoms with van der Waals surface area (Å²) in [5.41, 5.74) is 3.18. The number of fused-ring (bicyclic) bond motifs is 2. The van der Waals surface area contributed by atoms with E-state index in [4.69, 9.17) is 9.47 Å². The minimum atomic E-state index is -0.154. The fourth-order valence-corrected chi connectivity index (χ4v) is 5.05. The molecule has 1 N–H and O–H groups in total. The first-order chi connectivity index (χ1) is 16.0. The number of methoxy groups -OCH3 is 1. The number of allylic oxidation sites excluding steroid dienone is 1.